The molecule has 15 nitrogen and oxygen atoms in total. The SMILES string of the molecule is Nc1nc(O)c2c(n1)NCC2CCc1ccc(C(=O)N[C@@H](CCC(=O)N[C@@H](CCC(=O)O)C(=O)O)C(=O)O)cc1. The quantitative estimate of drug-likeness (QED) is 0.155. The van der Waals surface area contributed by atoms with E-state index >= 15 is 0 Å². The Morgan fingerprint density at radius 3 is 2.20 bits per heavy atom. The van der Waals surface area contributed by atoms with Crippen LogP contribution in [0.15, 0.2) is 24.3 Å². The molecule has 2 amide bonds. The number of carboxylic acids is 3. The Kier molecular flexibility index (Phi) is 9.78. The lowest BCUT2D eigenvalue weighted by Gasteiger charge is -2.17. The first-order valence-corrected chi connectivity index (χ1v) is 12.4. The highest BCUT2D eigenvalue weighted by Crippen LogP contribution is 2.38. The van der Waals surface area contributed by atoms with Crippen molar-refractivity contribution >= 4 is 41.5 Å². The number of carboxylic acid groups (broad SMARTS) is 3. The van der Waals surface area contributed by atoms with Crippen LogP contribution in [-0.2, 0) is 25.6 Å². The van der Waals surface area contributed by atoms with E-state index in [0.29, 0.717) is 30.8 Å². The molecule has 0 fully saturated rings. The maximum atomic E-state index is 12.6. The maximum Gasteiger partial charge on any atom is 0.326 e. The summed E-state index contributed by atoms with van der Waals surface area (Å²) in [6.07, 6.45) is -0.233. The first kappa shape index (κ1) is 29.6. The lowest BCUT2D eigenvalue weighted by atomic mass is 9.95. The van der Waals surface area contributed by atoms with E-state index in [2.05, 4.69) is 25.9 Å². The Bertz CT molecular complexity index is 1280. The van der Waals surface area contributed by atoms with Gasteiger partial charge in [-0.1, -0.05) is 12.1 Å². The number of carbonyl (C=O) groups excluding carboxylic acids is 2. The zero-order valence-electron chi connectivity index (χ0n) is 21.3. The summed E-state index contributed by atoms with van der Waals surface area (Å²) in [7, 11) is 0. The van der Waals surface area contributed by atoms with Crippen molar-refractivity contribution in [3.63, 3.8) is 0 Å². The van der Waals surface area contributed by atoms with Crippen LogP contribution in [0.1, 0.15) is 59.5 Å². The summed E-state index contributed by atoms with van der Waals surface area (Å²) < 4.78 is 0. The topological polar surface area (TPSA) is 254 Å². The molecule has 0 spiro atoms. The Balaban J connectivity index is 1.51. The second-order valence-electron chi connectivity index (χ2n) is 9.27. The molecule has 0 saturated heterocycles. The minimum absolute atomic E-state index is 0.0218. The number of fused-ring (bicyclic) bond motifs is 1. The number of aryl methyl sites for hydroxylation is 1. The van der Waals surface area contributed by atoms with Gasteiger partial charge in [-0.25, -0.2) is 9.59 Å². The lowest BCUT2D eigenvalue weighted by molar-refractivity contribution is -0.143. The number of hydrogen-bond acceptors (Lipinski definition) is 10. The standard InChI is InChI=1S/C25H30N6O9/c26-25-30-20-19(22(36)31-25)14(11-27-20)6-3-12-1-4-13(5-2-12)21(35)29-16(24(39)40)7-9-17(32)28-15(23(37)38)8-10-18(33)34/h1-2,4-5,14-16H,3,6-11H2,(H,28,32)(H,29,35)(H,33,34)(H,37,38)(H,39,40)(H4,26,27,30,31,36)/t14?,15-,16-/m0/s1. The molecule has 2 aromatic rings. The molecule has 0 aliphatic carbocycles. The van der Waals surface area contributed by atoms with E-state index in [1.807, 2.05) is 0 Å². The van der Waals surface area contributed by atoms with Crippen LogP contribution >= 0.6 is 0 Å². The molecule has 1 aliphatic rings. The number of aromatic nitrogens is 2. The summed E-state index contributed by atoms with van der Waals surface area (Å²) >= 11 is 0. The van der Waals surface area contributed by atoms with Crippen LogP contribution in [0.4, 0.5) is 11.8 Å². The molecule has 3 rings (SSSR count). The molecule has 0 radical (unpaired) electrons. The van der Waals surface area contributed by atoms with Crippen molar-refractivity contribution in [1.29, 1.82) is 0 Å². The average molecular weight is 559 g/mol. The molecule has 1 aromatic heterocycles. The Morgan fingerprint density at radius 1 is 0.950 bits per heavy atom. The van der Waals surface area contributed by atoms with Gasteiger partial charge in [0, 0.05) is 30.9 Å². The highest BCUT2D eigenvalue weighted by molar-refractivity contribution is 5.96. The van der Waals surface area contributed by atoms with Crippen molar-refractivity contribution in [2.75, 3.05) is 17.6 Å². The third-order valence-electron chi connectivity index (χ3n) is 6.41. The maximum absolute atomic E-state index is 12.6. The van der Waals surface area contributed by atoms with Crippen molar-refractivity contribution < 1.29 is 44.4 Å². The lowest BCUT2D eigenvalue weighted by Crippen LogP contribution is -2.44. The number of rotatable bonds is 14. The van der Waals surface area contributed by atoms with E-state index in [9.17, 15) is 34.2 Å². The summed E-state index contributed by atoms with van der Waals surface area (Å²) in [5.74, 6) is -5.17. The number of nitrogens with two attached hydrogens (primary N) is 1. The second-order valence-corrected chi connectivity index (χ2v) is 9.27. The number of amides is 2. The van der Waals surface area contributed by atoms with Crippen LogP contribution in [0.2, 0.25) is 0 Å². The summed E-state index contributed by atoms with van der Waals surface area (Å²) in [5.41, 5.74) is 7.28. The first-order valence-electron chi connectivity index (χ1n) is 12.4. The van der Waals surface area contributed by atoms with Crippen LogP contribution in [0.5, 0.6) is 5.88 Å². The summed E-state index contributed by atoms with van der Waals surface area (Å²) in [6, 6.07) is 3.68. The van der Waals surface area contributed by atoms with Crippen molar-refractivity contribution in [1.82, 2.24) is 20.6 Å². The van der Waals surface area contributed by atoms with E-state index in [1.165, 1.54) is 12.1 Å². The fourth-order valence-electron chi connectivity index (χ4n) is 4.28. The van der Waals surface area contributed by atoms with Gasteiger partial charge < -0.3 is 42.1 Å². The van der Waals surface area contributed by atoms with Crippen molar-refractivity contribution in [2.45, 2.75) is 56.5 Å². The molecule has 40 heavy (non-hydrogen) atoms. The normalized spacial score (nSPS) is 15.2. The summed E-state index contributed by atoms with van der Waals surface area (Å²) in [6.45, 7) is 0.565. The molecular formula is C25H30N6O9. The van der Waals surface area contributed by atoms with Crippen molar-refractivity contribution in [3.05, 3.63) is 41.0 Å². The number of hydrogen-bond donors (Lipinski definition) is 8. The third-order valence-corrected chi connectivity index (χ3v) is 6.41. The number of carbonyl (C=O) groups is 5. The van der Waals surface area contributed by atoms with E-state index in [4.69, 9.17) is 15.9 Å². The number of aromatic hydroxyl groups is 1. The van der Waals surface area contributed by atoms with Crippen LogP contribution < -0.4 is 21.7 Å². The molecule has 3 atom stereocenters. The highest BCUT2D eigenvalue weighted by Gasteiger charge is 2.28. The fourth-order valence-corrected chi connectivity index (χ4v) is 4.28. The number of benzene rings is 1. The second kappa shape index (κ2) is 13.2. The predicted molar refractivity (Wildman–Crippen MR) is 139 cm³/mol. The number of anilines is 2. The van der Waals surface area contributed by atoms with Crippen molar-refractivity contribution in [2.24, 2.45) is 0 Å². The van der Waals surface area contributed by atoms with Gasteiger partial charge in [0.15, 0.2) is 0 Å². The predicted octanol–water partition coefficient (Wildman–Crippen LogP) is 0.304. The number of nitrogens with zero attached hydrogens (tertiary/aromatic N) is 2. The van der Waals surface area contributed by atoms with Gasteiger partial charge in [-0.05, 0) is 43.4 Å². The Hall–Kier alpha value is -4.95. The van der Waals surface area contributed by atoms with Gasteiger partial charge in [0.05, 0.1) is 5.56 Å². The van der Waals surface area contributed by atoms with Crippen LogP contribution in [-0.4, -0.2) is 78.7 Å². The van der Waals surface area contributed by atoms with E-state index in [0.717, 1.165) is 5.56 Å². The molecule has 1 aromatic carbocycles. The third kappa shape index (κ3) is 8.02. The zero-order chi connectivity index (χ0) is 29.4. The van der Waals surface area contributed by atoms with Crippen LogP contribution in [0, 0.1) is 0 Å². The van der Waals surface area contributed by atoms with Gasteiger partial charge in [0.2, 0.25) is 17.7 Å². The van der Waals surface area contributed by atoms with Crippen molar-refractivity contribution in [3.8, 4) is 5.88 Å². The molecule has 9 N–H and O–H groups in total. The van der Waals surface area contributed by atoms with Gasteiger partial charge in [0.1, 0.15) is 17.9 Å². The van der Waals surface area contributed by atoms with Gasteiger partial charge in [-0.3, -0.25) is 14.4 Å². The summed E-state index contributed by atoms with van der Waals surface area (Å²) in [5, 5.41) is 45.0. The van der Waals surface area contributed by atoms with Crippen LogP contribution in [0.25, 0.3) is 0 Å². The van der Waals surface area contributed by atoms with E-state index in [-0.39, 0.29) is 36.2 Å². The minimum atomic E-state index is -1.43. The molecular weight excluding hydrogens is 528 g/mol. The first-order chi connectivity index (χ1) is 18.9. The Morgan fingerprint density at radius 2 is 1.57 bits per heavy atom. The summed E-state index contributed by atoms with van der Waals surface area (Å²) in [4.78, 5) is 66.2. The number of nitrogens with one attached hydrogen (secondary N) is 3. The molecule has 0 saturated carbocycles. The highest BCUT2D eigenvalue weighted by atomic mass is 16.4. The number of nitrogen functional groups attached to an aromatic ring is 1. The van der Waals surface area contributed by atoms with E-state index in [1.54, 1.807) is 12.1 Å². The van der Waals surface area contributed by atoms with Gasteiger partial charge >= 0.3 is 17.9 Å². The van der Waals surface area contributed by atoms with Gasteiger partial charge in [-0.15, -0.1) is 0 Å². The largest absolute Gasteiger partial charge is 0.493 e. The smallest absolute Gasteiger partial charge is 0.326 e. The number of aliphatic carboxylic acids is 3. The zero-order valence-corrected chi connectivity index (χ0v) is 21.3. The molecule has 0 bridgehead atoms. The fraction of sp³-hybridized carbons (Fsp3) is 0.400. The Labute approximate surface area is 227 Å². The van der Waals surface area contributed by atoms with Crippen LogP contribution in [0.3, 0.4) is 0 Å². The molecule has 2 heterocycles. The van der Waals surface area contributed by atoms with E-state index < -0.39 is 54.6 Å². The molecule has 1 unspecified atom stereocenters. The monoisotopic (exact) mass is 558 g/mol. The average Bonchev–Trinajstić information content (AvgIpc) is 3.30. The minimum Gasteiger partial charge on any atom is -0.493 e. The molecule has 214 valence electrons. The molecule has 15 heteroatoms. The van der Waals surface area contributed by atoms with Gasteiger partial charge in [0.25, 0.3) is 5.91 Å². The van der Waals surface area contributed by atoms with Gasteiger partial charge in [-0.2, -0.15) is 9.97 Å². The molecule has 1 aliphatic heterocycles.